The van der Waals surface area contributed by atoms with Gasteiger partial charge in [-0.05, 0) is 30.2 Å². The predicted molar refractivity (Wildman–Crippen MR) is 61.4 cm³/mol. The first-order valence-corrected chi connectivity index (χ1v) is 5.08. The smallest absolute Gasteiger partial charge is 0.219 e. The van der Waals surface area contributed by atoms with Gasteiger partial charge in [0, 0.05) is 12.3 Å². The number of aliphatic hydroxyl groups excluding tert-OH is 1. The van der Waals surface area contributed by atoms with Gasteiger partial charge < -0.3 is 9.84 Å². The summed E-state index contributed by atoms with van der Waals surface area (Å²) in [5, 5.41) is 8.99. The van der Waals surface area contributed by atoms with Gasteiger partial charge in [0.25, 0.3) is 0 Å². The normalized spacial score (nSPS) is 10.1. The Morgan fingerprint density at radius 1 is 1.25 bits per heavy atom. The van der Waals surface area contributed by atoms with E-state index in [0.29, 0.717) is 11.6 Å². The number of rotatable bonds is 3. The predicted octanol–water partition coefficient (Wildman–Crippen LogP) is 2.67. The molecule has 16 heavy (non-hydrogen) atoms. The molecule has 2 rings (SSSR count). The number of aromatic nitrogens is 1. The summed E-state index contributed by atoms with van der Waals surface area (Å²) in [6.45, 7) is 1.99. The van der Waals surface area contributed by atoms with Gasteiger partial charge in [0.2, 0.25) is 5.88 Å². The van der Waals surface area contributed by atoms with Crippen LogP contribution in [0.4, 0.5) is 0 Å². The van der Waals surface area contributed by atoms with Gasteiger partial charge >= 0.3 is 0 Å². The van der Waals surface area contributed by atoms with E-state index in [-0.39, 0.29) is 6.61 Å². The maximum absolute atomic E-state index is 8.99. The fraction of sp³-hybridized carbons (Fsp3) is 0.154. The molecule has 0 saturated heterocycles. The average Bonchev–Trinajstić information content (AvgIpc) is 2.32. The molecule has 82 valence electrons. The standard InChI is InChI=1S/C13H13NO2/c1-10-5-6-13(14-8-10)16-12-4-2-3-11(7-12)9-15/h2-8,15H,9H2,1H3. The summed E-state index contributed by atoms with van der Waals surface area (Å²) < 4.78 is 5.55. The van der Waals surface area contributed by atoms with Crippen LogP contribution < -0.4 is 4.74 Å². The Hall–Kier alpha value is -1.87. The van der Waals surface area contributed by atoms with Crippen LogP contribution in [0.5, 0.6) is 11.6 Å². The minimum absolute atomic E-state index is 0.0124. The third kappa shape index (κ3) is 2.58. The van der Waals surface area contributed by atoms with Crippen LogP contribution in [0.2, 0.25) is 0 Å². The highest BCUT2D eigenvalue weighted by Gasteiger charge is 1.99. The molecule has 0 fully saturated rings. The second-order valence-corrected chi connectivity index (χ2v) is 3.58. The van der Waals surface area contributed by atoms with Crippen molar-refractivity contribution in [1.82, 2.24) is 4.98 Å². The Labute approximate surface area is 94.3 Å². The van der Waals surface area contributed by atoms with E-state index in [0.717, 1.165) is 11.1 Å². The van der Waals surface area contributed by atoms with Crippen molar-refractivity contribution in [2.45, 2.75) is 13.5 Å². The molecule has 0 aliphatic rings. The molecule has 0 saturated carbocycles. The van der Waals surface area contributed by atoms with Crippen molar-refractivity contribution in [2.24, 2.45) is 0 Å². The third-order valence-corrected chi connectivity index (χ3v) is 2.19. The molecule has 0 aliphatic heterocycles. The summed E-state index contributed by atoms with van der Waals surface area (Å²) in [5.74, 6) is 1.24. The number of benzene rings is 1. The minimum atomic E-state index is 0.0124. The summed E-state index contributed by atoms with van der Waals surface area (Å²) in [6, 6.07) is 11.1. The van der Waals surface area contributed by atoms with Crippen molar-refractivity contribution in [3.8, 4) is 11.6 Å². The van der Waals surface area contributed by atoms with Gasteiger partial charge in [-0.25, -0.2) is 4.98 Å². The number of hydrogen-bond acceptors (Lipinski definition) is 3. The third-order valence-electron chi connectivity index (χ3n) is 2.19. The molecule has 3 nitrogen and oxygen atoms in total. The van der Waals surface area contributed by atoms with E-state index in [1.807, 2.05) is 37.3 Å². The molecular formula is C13H13NO2. The van der Waals surface area contributed by atoms with Crippen LogP contribution in [0, 0.1) is 6.92 Å². The largest absolute Gasteiger partial charge is 0.439 e. The van der Waals surface area contributed by atoms with Crippen molar-refractivity contribution in [3.05, 3.63) is 53.7 Å². The van der Waals surface area contributed by atoms with E-state index in [1.54, 1.807) is 12.3 Å². The Bertz CT molecular complexity index is 466. The zero-order chi connectivity index (χ0) is 11.4. The molecule has 0 amide bonds. The minimum Gasteiger partial charge on any atom is -0.439 e. The molecule has 0 atom stereocenters. The molecule has 0 spiro atoms. The molecule has 2 aromatic rings. The average molecular weight is 215 g/mol. The summed E-state index contributed by atoms with van der Waals surface area (Å²) in [5.41, 5.74) is 1.92. The van der Waals surface area contributed by atoms with Crippen LogP contribution in [-0.2, 0) is 6.61 Å². The zero-order valence-electron chi connectivity index (χ0n) is 9.05. The number of hydrogen-bond donors (Lipinski definition) is 1. The number of aryl methyl sites for hydroxylation is 1. The van der Waals surface area contributed by atoms with Crippen LogP contribution in [0.3, 0.4) is 0 Å². The first-order valence-electron chi connectivity index (χ1n) is 5.08. The lowest BCUT2D eigenvalue weighted by atomic mass is 10.2. The molecule has 0 aliphatic carbocycles. The first kappa shape index (κ1) is 10.6. The van der Waals surface area contributed by atoms with Crippen molar-refractivity contribution >= 4 is 0 Å². The fourth-order valence-corrected chi connectivity index (χ4v) is 1.34. The maximum atomic E-state index is 8.99. The Balaban J connectivity index is 2.16. The monoisotopic (exact) mass is 215 g/mol. The van der Waals surface area contributed by atoms with Gasteiger partial charge in [-0.15, -0.1) is 0 Å². The molecule has 0 unspecified atom stereocenters. The van der Waals surface area contributed by atoms with E-state index >= 15 is 0 Å². The van der Waals surface area contributed by atoms with Crippen molar-refractivity contribution < 1.29 is 9.84 Å². The Kier molecular flexibility index (Phi) is 3.17. The second kappa shape index (κ2) is 4.77. The quantitative estimate of drug-likeness (QED) is 0.855. The molecule has 0 bridgehead atoms. The number of ether oxygens (including phenoxy) is 1. The molecular weight excluding hydrogens is 202 g/mol. The van der Waals surface area contributed by atoms with Gasteiger partial charge in [-0.1, -0.05) is 18.2 Å². The van der Waals surface area contributed by atoms with E-state index in [2.05, 4.69) is 4.98 Å². The van der Waals surface area contributed by atoms with Crippen LogP contribution >= 0.6 is 0 Å². The van der Waals surface area contributed by atoms with E-state index in [4.69, 9.17) is 9.84 Å². The van der Waals surface area contributed by atoms with Crippen molar-refractivity contribution in [2.75, 3.05) is 0 Å². The zero-order valence-corrected chi connectivity index (χ0v) is 9.05. The highest BCUT2D eigenvalue weighted by Crippen LogP contribution is 2.20. The molecule has 1 aromatic carbocycles. The molecule has 1 aromatic heterocycles. The summed E-state index contributed by atoms with van der Waals surface area (Å²) in [7, 11) is 0. The molecule has 1 N–H and O–H groups in total. The van der Waals surface area contributed by atoms with Gasteiger partial charge in [0.15, 0.2) is 0 Å². The van der Waals surface area contributed by atoms with Crippen LogP contribution in [-0.4, -0.2) is 10.1 Å². The van der Waals surface area contributed by atoms with Gasteiger partial charge in [0.05, 0.1) is 6.61 Å². The van der Waals surface area contributed by atoms with E-state index < -0.39 is 0 Å². The van der Waals surface area contributed by atoms with E-state index in [9.17, 15) is 0 Å². The lowest BCUT2D eigenvalue weighted by Gasteiger charge is -2.05. The van der Waals surface area contributed by atoms with Crippen LogP contribution in [0.25, 0.3) is 0 Å². The van der Waals surface area contributed by atoms with Crippen molar-refractivity contribution in [3.63, 3.8) is 0 Å². The fourth-order valence-electron chi connectivity index (χ4n) is 1.34. The number of pyridine rings is 1. The van der Waals surface area contributed by atoms with Crippen LogP contribution in [0.15, 0.2) is 42.6 Å². The van der Waals surface area contributed by atoms with Gasteiger partial charge in [-0.3, -0.25) is 0 Å². The highest BCUT2D eigenvalue weighted by molar-refractivity contribution is 5.31. The van der Waals surface area contributed by atoms with Crippen molar-refractivity contribution in [1.29, 1.82) is 0 Å². The Morgan fingerprint density at radius 3 is 2.81 bits per heavy atom. The van der Waals surface area contributed by atoms with Crippen LogP contribution in [0.1, 0.15) is 11.1 Å². The van der Waals surface area contributed by atoms with E-state index in [1.165, 1.54) is 0 Å². The summed E-state index contributed by atoms with van der Waals surface area (Å²) in [6.07, 6.45) is 1.76. The topological polar surface area (TPSA) is 42.4 Å². The molecule has 3 heteroatoms. The lowest BCUT2D eigenvalue weighted by molar-refractivity contribution is 0.281. The number of aliphatic hydroxyl groups is 1. The number of nitrogens with zero attached hydrogens (tertiary/aromatic N) is 1. The Morgan fingerprint density at radius 2 is 2.12 bits per heavy atom. The second-order valence-electron chi connectivity index (χ2n) is 3.58. The summed E-state index contributed by atoms with van der Waals surface area (Å²) in [4.78, 5) is 4.14. The molecule has 0 radical (unpaired) electrons. The highest BCUT2D eigenvalue weighted by atomic mass is 16.5. The van der Waals surface area contributed by atoms with Gasteiger partial charge in [0.1, 0.15) is 5.75 Å². The van der Waals surface area contributed by atoms with Gasteiger partial charge in [-0.2, -0.15) is 0 Å². The molecule has 1 heterocycles. The first-order chi connectivity index (χ1) is 7.78. The summed E-state index contributed by atoms with van der Waals surface area (Å²) >= 11 is 0. The SMILES string of the molecule is Cc1ccc(Oc2cccc(CO)c2)nc1. The maximum Gasteiger partial charge on any atom is 0.219 e. The lowest BCUT2D eigenvalue weighted by Crippen LogP contribution is -1.89.